The van der Waals surface area contributed by atoms with Gasteiger partial charge in [-0.25, -0.2) is 0 Å². The minimum atomic E-state index is -0.138. The Kier molecular flexibility index (Phi) is 13.5. The van der Waals surface area contributed by atoms with Crippen LogP contribution in [-0.4, -0.2) is 39.5 Å². The standard InChI is InChI=1S/C24H39Cl2IN/c1-4-7-9-11-13-18-28(17-6-3,19-14-12-10-8-5-2)21-24(27)16-15-22(25)20-23(24)26/h3,15-16,20,23H,4-5,7-14,17-19,21H2,1-2H3/q+1. The van der Waals surface area contributed by atoms with Crippen molar-refractivity contribution < 1.29 is 4.48 Å². The van der Waals surface area contributed by atoms with Crippen molar-refractivity contribution in [3.63, 3.8) is 0 Å². The van der Waals surface area contributed by atoms with E-state index in [2.05, 4.69) is 48.4 Å². The van der Waals surface area contributed by atoms with Crippen LogP contribution in [0.15, 0.2) is 23.3 Å². The van der Waals surface area contributed by atoms with Gasteiger partial charge < -0.3 is 4.48 Å². The first kappa shape index (κ1) is 26.3. The number of alkyl halides is 2. The lowest BCUT2D eigenvalue weighted by Gasteiger charge is -2.44. The molecule has 28 heavy (non-hydrogen) atoms. The van der Waals surface area contributed by atoms with Crippen molar-refractivity contribution >= 4 is 45.8 Å². The smallest absolute Gasteiger partial charge is 0.140 e. The van der Waals surface area contributed by atoms with E-state index >= 15 is 0 Å². The molecule has 0 aromatic heterocycles. The molecule has 0 aromatic carbocycles. The van der Waals surface area contributed by atoms with Crippen molar-refractivity contribution in [2.24, 2.45) is 0 Å². The molecule has 0 spiro atoms. The maximum Gasteiger partial charge on any atom is 0.140 e. The van der Waals surface area contributed by atoms with Crippen LogP contribution in [0.25, 0.3) is 0 Å². The Bertz CT molecular complexity index is 523. The molecule has 0 saturated carbocycles. The molecule has 0 bridgehead atoms. The van der Waals surface area contributed by atoms with E-state index in [0.717, 1.165) is 35.7 Å². The van der Waals surface area contributed by atoms with Gasteiger partial charge in [0.2, 0.25) is 0 Å². The molecule has 0 aromatic rings. The summed E-state index contributed by atoms with van der Waals surface area (Å²) in [5, 5.41) is 0.641. The fourth-order valence-electron chi connectivity index (χ4n) is 4.08. The summed E-state index contributed by atoms with van der Waals surface area (Å²) in [4.78, 5) is 0. The van der Waals surface area contributed by atoms with Gasteiger partial charge in [0, 0.05) is 5.03 Å². The number of nitrogens with zero attached hydrogens (tertiary/aromatic N) is 1. The largest absolute Gasteiger partial charge is 0.312 e. The molecule has 1 rings (SSSR count). The van der Waals surface area contributed by atoms with Gasteiger partial charge in [0.05, 0.1) is 25.0 Å². The Hall–Kier alpha value is 0.310. The number of hydrogen-bond acceptors (Lipinski definition) is 0. The predicted molar refractivity (Wildman–Crippen MR) is 136 cm³/mol. The van der Waals surface area contributed by atoms with Gasteiger partial charge in [-0.05, 0) is 43.8 Å². The zero-order valence-electron chi connectivity index (χ0n) is 17.9. The van der Waals surface area contributed by atoms with Crippen molar-refractivity contribution in [1.29, 1.82) is 0 Å². The van der Waals surface area contributed by atoms with E-state index in [4.69, 9.17) is 29.6 Å². The quantitative estimate of drug-likeness (QED) is 0.0654. The highest BCUT2D eigenvalue weighted by Crippen LogP contribution is 2.38. The third-order valence-corrected chi connectivity index (χ3v) is 8.27. The minimum Gasteiger partial charge on any atom is -0.312 e. The van der Waals surface area contributed by atoms with Crippen molar-refractivity contribution in [3.8, 4) is 12.3 Å². The molecule has 2 unspecified atom stereocenters. The molecule has 0 aliphatic heterocycles. The van der Waals surface area contributed by atoms with Crippen LogP contribution in [0.1, 0.15) is 78.1 Å². The topological polar surface area (TPSA) is 0 Å². The van der Waals surface area contributed by atoms with Gasteiger partial charge in [-0.2, -0.15) is 0 Å². The monoisotopic (exact) mass is 538 g/mol. The summed E-state index contributed by atoms with van der Waals surface area (Å²) in [7, 11) is 0. The van der Waals surface area contributed by atoms with E-state index < -0.39 is 0 Å². The molecule has 1 aliphatic carbocycles. The number of rotatable bonds is 15. The van der Waals surface area contributed by atoms with E-state index in [1.54, 1.807) is 0 Å². The van der Waals surface area contributed by atoms with Crippen LogP contribution in [0.4, 0.5) is 0 Å². The average molecular weight is 539 g/mol. The third kappa shape index (κ3) is 9.41. The Morgan fingerprint density at radius 2 is 1.57 bits per heavy atom. The van der Waals surface area contributed by atoms with Crippen LogP contribution in [0.2, 0.25) is 0 Å². The number of allylic oxidation sites excluding steroid dienone is 3. The van der Waals surface area contributed by atoms with Crippen LogP contribution < -0.4 is 0 Å². The summed E-state index contributed by atoms with van der Waals surface area (Å²) in [6.07, 6.45) is 25.0. The average Bonchev–Trinajstić information content (AvgIpc) is 2.65. The molecule has 0 N–H and O–H groups in total. The maximum absolute atomic E-state index is 6.75. The van der Waals surface area contributed by atoms with Crippen molar-refractivity contribution in [2.75, 3.05) is 26.2 Å². The van der Waals surface area contributed by atoms with Gasteiger partial charge in [0.15, 0.2) is 0 Å². The maximum atomic E-state index is 6.75. The summed E-state index contributed by atoms with van der Waals surface area (Å²) in [6.45, 7) is 8.61. The minimum absolute atomic E-state index is 0.0962. The van der Waals surface area contributed by atoms with E-state index in [0.29, 0.717) is 0 Å². The van der Waals surface area contributed by atoms with Crippen LogP contribution in [0, 0.1) is 12.3 Å². The molecule has 0 amide bonds. The summed E-state index contributed by atoms with van der Waals surface area (Å²) in [6, 6.07) is 0. The fourth-order valence-corrected chi connectivity index (χ4v) is 5.69. The predicted octanol–water partition coefficient (Wildman–Crippen LogP) is 7.85. The van der Waals surface area contributed by atoms with E-state index in [9.17, 15) is 0 Å². The zero-order valence-corrected chi connectivity index (χ0v) is 21.5. The summed E-state index contributed by atoms with van der Waals surface area (Å²) in [5.41, 5.74) is 0. The zero-order chi connectivity index (χ0) is 20.9. The number of hydrogen-bond donors (Lipinski definition) is 0. The Morgan fingerprint density at radius 3 is 2.04 bits per heavy atom. The van der Waals surface area contributed by atoms with Gasteiger partial charge in [0.25, 0.3) is 0 Å². The van der Waals surface area contributed by atoms with Crippen LogP contribution >= 0.6 is 45.8 Å². The van der Waals surface area contributed by atoms with Gasteiger partial charge in [0.1, 0.15) is 9.97 Å². The molecule has 4 heteroatoms. The van der Waals surface area contributed by atoms with Gasteiger partial charge in [-0.1, -0.05) is 92.6 Å². The number of terminal acetylenes is 1. The third-order valence-electron chi connectivity index (χ3n) is 5.76. The van der Waals surface area contributed by atoms with Gasteiger partial charge >= 0.3 is 0 Å². The van der Waals surface area contributed by atoms with Crippen LogP contribution in [-0.2, 0) is 0 Å². The highest BCUT2D eigenvalue weighted by molar-refractivity contribution is 14.1. The summed E-state index contributed by atoms with van der Waals surface area (Å²) in [5.74, 6) is 3.00. The van der Waals surface area contributed by atoms with E-state index in [1.807, 2.05) is 12.2 Å². The van der Waals surface area contributed by atoms with Crippen molar-refractivity contribution in [1.82, 2.24) is 0 Å². The van der Waals surface area contributed by atoms with Gasteiger partial charge in [-0.3, -0.25) is 0 Å². The van der Waals surface area contributed by atoms with Crippen molar-refractivity contribution in [2.45, 2.75) is 86.9 Å². The normalized spacial score (nSPS) is 22.1. The molecule has 160 valence electrons. The second-order valence-electron chi connectivity index (χ2n) is 8.35. The summed E-state index contributed by atoms with van der Waals surface area (Å²) >= 11 is 15.5. The Labute approximate surface area is 198 Å². The molecule has 0 radical (unpaired) electrons. The lowest BCUT2D eigenvalue weighted by molar-refractivity contribution is -0.922. The number of quaternary nitrogens is 1. The molecule has 0 saturated heterocycles. The Balaban J connectivity index is 2.86. The fraction of sp³-hybridized carbons (Fsp3) is 0.750. The van der Waals surface area contributed by atoms with Crippen molar-refractivity contribution in [3.05, 3.63) is 23.3 Å². The lowest BCUT2D eigenvalue weighted by Crippen LogP contribution is -2.58. The molecular formula is C24H39Cl2IN+. The first-order valence-electron chi connectivity index (χ1n) is 11.1. The first-order valence-corrected chi connectivity index (χ1v) is 13.0. The molecular weight excluding hydrogens is 500 g/mol. The SMILES string of the molecule is C#CC[N+](CCCCCCC)(CCCCCCC)CC1(I)C=CC(Cl)=CC1Cl. The second kappa shape index (κ2) is 14.3. The number of unbranched alkanes of at least 4 members (excludes halogenated alkanes) is 8. The highest BCUT2D eigenvalue weighted by atomic mass is 127. The molecule has 2 atom stereocenters. The lowest BCUT2D eigenvalue weighted by atomic mass is 9.97. The van der Waals surface area contributed by atoms with Crippen LogP contribution in [0.5, 0.6) is 0 Å². The van der Waals surface area contributed by atoms with E-state index in [-0.39, 0.29) is 8.80 Å². The number of halogens is 3. The first-order chi connectivity index (χ1) is 13.4. The molecule has 0 heterocycles. The Morgan fingerprint density at radius 1 is 1.04 bits per heavy atom. The molecule has 1 nitrogen and oxygen atoms in total. The molecule has 1 aliphatic rings. The molecule has 0 fully saturated rings. The summed E-state index contributed by atoms with van der Waals surface area (Å²) < 4.78 is 0.845. The highest BCUT2D eigenvalue weighted by Gasteiger charge is 2.42. The van der Waals surface area contributed by atoms with Gasteiger partial charge in [-0.15, -0.1) is 18.0 Å². The second-order valence-corrected chi connectivity index (χ2v) is 11.3. The van der Waals surface area contributed by atoms with Crippen LogP contribution in [0.3, 0.4) is 0 Å². The van der Waals surface area contributed by atoms with E-state index in [1.165, 1.54) is 64.2 Å².